The molecule has 20 heavy (non-hydrogen) atoms. The van der Waals surface area contributed by atoms with Gasteiger partial charge in [-0.2, -0.15) is 0 Å². The summed E-state index contributed by atoms with van der Waals surface area (Å²) in [4.78, 5) is 11.8. The van der Waals surface area contributed by atoms with Gasteiger partial charge in [0.05, 0.1) is 13.2 Å². The molecule has 3 N–H and O–H groups in total. The molecule has 0 spiro atoms. The van der Waals surface area contributed by atoms with E-state index in [1.165, 1.54) is 6.42 Å². The lowest BCUT2D eigenvalue weighted by Gasteiger charge is -2.24. The van der Waals surface area contributed by atoms with E-state index in [1.54, 1.807) is 6.08 Å². The number of aliphatic hydroxyl groups is 1. The first-order valence-electron chi connectivity index (χ1n) is 7.61. The standard InChI is InChI=1S/C15H28N2O3/c1-2-3-10-20-11-9-16-15(19)17-14-8-6-4-5-7-13(14)12-18/h2,13-14,18H,1,3-12H2,(H2,16,17,19). The first-order valence-corrected chi connectivity index (χ1v) is 7.61. The number of amides is 2. The van der Waals surface area contributed by atoms with E-state index in [1.807, 2.05) is 0 Å². The van der Waals surface area contributed by atoms with Crippen molar-refractivity contribution in [1.82, 2.24) is 10.6 Å². The smallest absolute Gasteiger partial charge is 0.315 e. The SMILES string of the molecule is C=CCCOCCNC(=O)NC1CCCCCC1CO. The van der Waals surface area contributed by atoms with Gasteiger partial charge in [-0.3, -0.25) is 0 Å². The number of hydrogen-bond donors (Lipinski definition) is 3. The minimum Gasteiger partial charge on any atom is -0.396 e. The van der Waals surface area contributed by atoms with Crippen LogP contribution in [0.4, 0.5) is 4.79 Å². The Labute approximate surface area is 121 Å². The van der Waals surface area contributed by atoms with Crippen LogP contribution in [0.3, 0.4) is 0 Å². The highest BCUT2D eigenvalue weighted by Crippen LogP contribution is 2.22. The van der Waals surface area contributed by atoms with Gasteiger partial charge in [-0.05, 0) is 19.3 Å². The quantitative estimate of drug-likeness (QED) is 0.362. The van der Waals surface area contributed by atoms with Crippen molar-refractivity contribution in [2.24, 2.45) is 5.92 Å². The van der Waals surface area contributed by atoms with Crippen molar-refractivity contribution >= 4 is 6.03 Å². The fourth-order valence-electron chi connectivity index (χ4n) is 2.52. The molecule has 5 nitrogen and oxygen atoms in total. The predicted octanol–water partition coefficient (Wildman–Crippen LogP) is 1.82. The molecular formula is C15H28N2O3. The van der Waals surface area contributed by atoms with Crippen molar-refractivity contribution in [3.8, 4) is 0 Å². The molecule has 116 valence electrons. The summed E-state index contributed by atoms with van der Waals surface area (Å²) in [6.07, 6.45) is 8.02. The average Bonchev–Trinajstić information content (AvgIpc) is 2.67. The van der Waals surface area contributed by atoms with E-state index < -0.39 is 0 Å². The first-order chi connectivity index (χ1) is 9.77. The van der Waals surface area contributed by atoms with Crippen molar-refractivity contribution in [3.63, 3.8) is 0 Å². The zero-order valence-electron chi connectivity index (χ0n) is 12.3. The van der Waals surface area contributed by atoms with E-state index in [-0.39, 0.29) is 24.6 Å². The topological polar surface area (TPSA) is 70.6 Å². The maximum absolute atomic E-state index is 11.8. The second kappa shape index (κ2) is 10.7. The Bertz CT molecular complexity index is 284. The minimum atomic E-state index is -0.164. The van der Waals surface area contributed by atoms with Crippen LogP contribution in [0.25, 0.3) is 0 Å². The second-order valence-electron chi connectivity index (χ2n) is 5.28. The molecule has 2 amide bonds. The average molecular weight is 284 g/mol. The van der Waals surface area contributed by atoms with Gasteiger partial charge in [-0.1, -0.05) is 25.3 Å². The van der Waals surface area contributed by atoms with Crippen molar-refractivity contribution in [3.05, 3.63) is 12.7 Å². The molecule has 0 heterocycles. The van der Waals surface area contributed by atoms with Crippen LogP contribution >= 0.6 is 0 Å². The molecule has 2 unspecified atom stereocenters. The molecule has 0 aromatic rings. The molecule has 1 saturated carbocycles. The number of aliphatic hydroxyl groups excluding tert-OH is 1. The van der Waals surface area contributed by atoms with Crippen LogP contribution in [-0.4, -0.2) is 43.5 Å². The van der Waals surface area contributed by atoms with E-state index in [9.17, 15) is 9.90 Å². The Morgan fingerprint density at radius 3 is 2.85 bits per heavy atom. The molecule has 1 aliphatic carbocycles. The third-order valence-electron chi connectivity index (χ3n) is 3.71. The van der Waals surface area contributed by atoms with E-state index in [0.717, 1.165) is 32.1 Å². The highest BCUT2D eigenvalue weighted by atomic mass is 16.5. The van der Waals surface area contributed by atoms with Crippen LogP contribution in [0.5, 0.6) is 0 Å². The molecule has 1 fully saturated rings. The summed E-state index contributed by atoms with van der Waals surface area (Å²) >= 11 is 0. The normalized spacial score (nSPS) is 22.9. The fraction of sp³-hybridized carbons (Fsp3) is 0.800. The summed E-state index contributed by atoms with van der Waals surface area (Å²) in [5.74, 6) is 0.187. The molecule has 2 atom stereocenters. The molecule has 0 aromatic carbocycles. The van der Waals surface area contributed by atoms with Crippen LogP contribution in [0, 0.1) is 5.92 Å². The van der Waals surface area contributed by atoms with Crippen molar-refractivity contribution in [1.29, 1.82) is 0 Å². The van der Waals surface area contributed by atoms with Gasteiger partial charge in [-0.25, -0.2) is 4.79 Å². The molecule has 1 rings (SSSR count). The van der Waals surface area contributed by atoms with Crippen molar-refractivity contribution < 1.29 is 14.6 Å². The van der Waals surface area contributed by atoms with Gasteiger partial charge in [0.25, 0.3) is 0 Å². The summed E-state index contributed by atoms with van der Waals surface area (Å²) < 4.78 is 5.32. The highest BCUT2D eigenvalue weighted by Gasteiger charge is 2.24. The molecule has 0 saturated heterocycles. The number of nitrogens with one attached hydrogen (secondary N) is 2. The number of hydrogen-bond acceptors (Lipinski definition) is 3. The van der Waals surface area contributed by atoms with Gasteiger partial charge in [-0.15, -0.1) is 6.58 Å². The van der Waals surface area contributed by atoms with Crippen LogP contribution in [0.1, 0.15) is 38.5 Å². The zero-order valence-corrected chi connectivity index (χ0v) is 12.3. The summed E-state index contributed by atoms with van der Waals surface area (Å²) in [5, 5.41) is 15.2. The molecule has 0 aliphatic heterocycles. The summed E-state index contributed by atoms with van der Waals surface area (Å²) in [7, 11) is 0. The third-order valence-corrected chi connectivity index (χ3v) is 3.71. The molecule has 0 radical (unpaired) electrons. The Morgan fingerprint density at radius 2 is 2.10 bits per heavy atom. The van der Waals surface area contributed by atoms with Crippen LogP contribution in [0.2, 0.25) is 0 Å². The van der Waals surface area contributed by atoms with Gasteiger partial charge in [0, 0.05) is 25.1 Å². The van der Waals surface area contributed by atoms with Crippen LogP contribution in [-0.2, 0) is 4.74 Å². The van der Waals surface area contributed by atoms with Crippen molar-refractivity contribution in [2.45, 2.75) is 44.6 Å². The lowest BCUT2D eigenvalue weighted by Crippen LogP contribution is -2.46. The first kappa shape index (κ1) is 17.0. The van der Waals surface area contributed by atoms with E-state index >= 15 is 0 Å². The van der Waals surface area contributed by atoms with Gasteiger partial charge in [0.15, 0.2) is 0 Å². The monoisotopic (exact) mass is 284 g/mol. The molecular weight excluding hydrogens is 256 g/mol. The van der Waals surface area contributed by atoms with E-state index in [2.05, 4.69) is 17.2 Å². The van der Waals surface area contributed by atoms with E-state index in [0.29, 0.717) is 19.8 Å². The van der Waals surface area contributed by atoms with Crippen molar-refractivity contribution in [2.75, 3.05) is 26.4 Å². The number of carbonyl (C=O) groups excluding carboxylic acids is 1. The zero-order chi connectivity index (χ0) is 14.6. The molecule has 1 aliphatic rings. The Balaban J connectivity index is 2.17. The van der Waals surface area contributed by atoms with Crippen LogP contribution < -0.4 is 10.6 Å². The third kappa shape index (κ3) is 6.91. The lowest BCUT2D eigenvalue weighted by molar-refractivity contribution is 0.139. The predicted molar refractivity (Wildman–Crippen MR) is 79.6 cm³/mol. The van der Waals surface area contributed by atoms with Gasteiger partial charge < -0.3 is 20.5 Å². The van der Waals surface area contributed by atoms with E-state index in [4.69, 9.17) is 4.74 Å². The number of ether oxygens (including phenoxy) is 1. The van der Waals surface area contributed by atoms with Gasteiger partial charge in [0.2, 0.25) is 0 Å². The number of carbonyl (C=O) groups is 1. The number of urea groups is 1. The molecule has 0 aromatic heterocycles. The number of rotatable bonds is 8. The maximum Gasteiger partial charge on any atom is 0.315 e. The minimum absolute atomic E-state index is 0.0872. The Kier molecular flexibility index (Phi) is 9.07. The molecule has 5 heteroatoms. The second-order valence-corrected chi connectivity index (χ2v) is 5.28. The largest absolute Gasteiger partial charge is 0.396 e. The van der Waals surface area contributed by atoms with Crippen LogP contribution in [0.15, 0.2) is 12.7 Å². The van der Waals surface area contributed by atoms with Gasteiger partial charge >= 0.3 is 6.03 Å². The summed E-state index contributed by atoms with van der Waals surface area (Å²) in [5.41, 5.74) is 0. The summed E-state index contributed by atoms with van der Waals surface area (Å²) in [6, 6.07) is -0.0770. The summed E-state index contributed by atoms with van der Waals surface area (Å²) in [6.45, 7) is 5.41. The Morgan fingerprint density at radius 1 is 1.30 bits per heavy atom. The highest BCUT2D eigenvalue weighted by molar-refractivity contribution is 5.74. The lowest BCUT2D eigenvalue weighted by atomic mass is 9.96. The Hall–Kier alpha value is -1.07. The fourth-order valence-corrected chi connectivity index (χ4v) is 2.52. The molecule has 0 bridgehead atoms. The maximum atomic E-state index is 11.8. The van der Waals surface area contributed by atoms with Gasteiger partial charge in [0.1, 0.15) is 0 Å².